The Balaban J connectivity index is 1.57. The van der Waals surface area contributed by atoms with Gasteiger partial charge in [-0.05, 0) is 35.4 Å². The Morgan fingerprint density at radius 2 is 1.31 bits per heavy atom. The van der Waals surface area contributed by atoms with Gasteiger partial charge in [0.1, 0.15) is 43.6 Å². The van der Waals surface area contributed by atoms with Crippen LogP contribution in [0.15, 0.2) is 48.5 Å². The van der Waals surface area contributed by atoms with Gasteiger partial charge in [-0.25, -0.2) is 4.39 Å². The molecule has 1 saturated heterocycles. The molecule has 1 aliphatic heterocycles. The largest absolute Gasteiger partial charge is 0.491 e. The number of aliphatic hydroxyl groups is 2. The Morgan fingerprint density at radius 3 is 1.72 bits per heavy atom. The molecule has 0 saturated carbocycles. The maximum Gasteiger partial charge on any atom is 0.119 e. The van der Waals surface area contributed by atoms with E-state index in [4.69, 9.17) is 9.47 Å². The lowest BCUT2D eigenvalue weighted by molar-refractivity contribution is 0.0842. The predicted molar refractivity (Wildman–Crippen MR) is 110 cm³/mol. The minimum Gasteiger partial charge on any atom is -0.491 e. The monoisotopic (exact) mass is 403 g/mol. The molecule has 0 bridgehead atoms. The lowest BCUT2D eigenvalue weighted by Gasteiger charge is -2.26. The highest BCUT2D eigenvalue weighted by molar-refractivity contribution is 5.41. The summed E-state index contributed by atoms with van der Waals surface area (Å²) in [6.07, 6.45) is -1.57. The molecule has 0 amide bonds. The molecule has 29 heavy (non-hydrogen) atoms. The van der Waals surface area contributed by atoms with Crippen LogP contribution in [0.25, 0.3) is 0 Å². The summed E-state index contributed by atoms with van der Waals surface area (Å²) in [5.74, 6) is 1.34. The first-order valence-electron chi connectivity index (χ1n) is 9.99. The number of alkyl halides is 1. The summed E-state index contributed by atoms with van der Waals surface area (Å²) in [6.45, 7) is 6.48. The fraction of sp³-hybridized carbons (Fsp3) is 0.478. The van der Waals surface area contributed by atoms with E-state index in [9.17, 15) is 14.6 Å². The molecule has 2 atom stereocenters. The SMILES string of the molecule is CC(C)(c1ccc(OC[C@H](O)CF)cc1)c1ccc(OC[C@@H](O)CN2CC2)cc1. The first-order chi connectivity index (χ1) is 13.9. The summed E-state index contributed by atoms with van der Waals surface area (Å²) in [5, 5.41) is 19.2. The standard InChI is InChI=1S/C23H30FNO4/c1-23(2,17-3-7-21(8-4-17)28-15-19(26)13-24)18-5-9-22(10-6-18)29-16-20(27)14-25-11-12-25/h3-10,19-20,26-27H,11-16H2,1-2H3/t19-,20+/m1/s1. The molecule has 1 aliphatic rings. The molecule has 0 aliphatic carbocycles. The number of rotatable bonds is 11. The van der Waals surface area contributed by atoms with Crippen molar-refractivity contribution in [3.8, 4) is 11.5 Å². The van der Waals surface area contributed by atoms with Crippen LogP contribution in [0.1, 0.15) is 25.0 Å². The van der Waals surface area contributed by atoms with Gasteiger partial charge in [-0.2, -0.15) is 0 Å². The van der Waals surface area contributed by atoms with Crippen molar-refractivity contribution in [3.05, 3.63) is 59.7 Å². The maximum absolute atomic E-state index is 12.3. The van der Waals surface area contributed by atoms with Crippen LogP contribution in [0, 0.1) is 0 Å². The average Bonchev–Trinajstić information content (AvgIpc) is 3.55. The number of aliphatic hydroxyl groups excluding tert-OH is 2. The van der Waals surface area contributed by atoms with Crippen molar-refractivity contribution < 1.29 is 24.1 Å². The molecule has 0 aromatic heterocycles. The van der Waals surface area contributed by atoms with Gasteiger partial charge in [-0.1, -0.05) is 38.1 Å². The molecule has 3 rings (SSSR count). The number of hydrogen-bond acceptors (Lipinski definition) is 5. The number of hydrogen-bond donors (Lipinski definition) is 2. The predicted octanol–water partition coefficient (Wildman–Crippen LogP) is 2.78. The number of nitrogens with zero attached hydrogens (tertiary/aromatic N) is 1. The van der Waals surface area contributed by atoms with Gasteiger partial charge in [0.05, 0.1) is 0 Å². The van der Waals surface area contributed by atoms with E-state index in [0.717, 1.165) is 30.0 Å². The first kappa shape index (κ1) is 21.6. The van der Waals surface area contributed by atoms with E-state index in [2.05, 4.69) is 18.7 Å². The second kappa shape index (κ2) is 9.57. The molecule has 0 unspecified atom stereocenters. The number of benzene rings is 2. The fourth-order valence-electron chi connectivity index (χ4n) is 3.14. The second-order valence-corrected chi connectivity index (χ2v) is 8.06. The van der Waals surface area contributed by atoms with E-state index in [1.807, 2.05) is 48.5 Å². The second-order valence-electron chi connectivity index (χ2n) is 8.06. The highest BCUT2D eigenvalue weighted by atomic mass is 19.1. The van der Waals surface area contributed by atoms with Crippen molar-refractivity contribution in [3.63, 3.8) is 0 Å². The minimum absolute atomic E-state index is 0.0621. The zero-order valence-corrected chi connectivity index (χ0v) is 17.1. The number of halogens is 1. The highest BCUT2D eigenvalue weighted by Gasteiger charge is 2.24. The van der Waals surface area contributed by atoms with Gasteiger partial charge in [0.2, 0.25) is 0 Å². The molecule has 2 aromatic rings. The van der Waals surface area contributed by atoms with Crippen LogP contribution >= 0.6 is 0 Å². The molecule has 6 heteroatoms. The van der Waals surface area contributed by atoms with Gasteiger partial charge in [0.25, 0.3) is 0 Å². The van der Waals surface area contributed by atoms with Crippen LogP contribution < -0.4 is 9.47 Å². The van der Waals surface area contributed by atoms with E-state index in [0.29, 0.717) is 12.3 Å². The summed E-state index contributed by atoms with van der Waals surface area (Å²) in [7, 11) is 0. The Bertz CT molecular complexity index is 759. The van der Waals surface area contributed by atoms with E-state index < -0.39 is 18.9 Å². The molecule has 0 radical (unpaired) electrons. The van der Waals surface area contributed by atoms with Crippen LogP contribution in [-0.4, -0.2) is 66.8 Å². The molecule has 2 aromatic carbocycles. The van der Waals surface area contributed by atoms with Crippen LogP contribution in [0.3, 0.4) is 0 Å². The van der Waals surface area contributed by atoms with Crippen LogP contribution in [0.4, 0.5) is 4.39 Å². The normalized spacial score (nSPS) is 16.3. The number of β-amino-alcohol motifs (C(OH)–C–C–N with tert-alkyl or cyclic N) is 1. The van der Waals surface area contributed by atoms with Crippen molar-refractivity contribution in [1.82, 2.24) is 4.90 Å². The van der Waals surface area contributed by atoms with Gasteiger partial charge >= 0.3 is 0 Å². The molecular weight excluding hydrogens is 373 g/mol. The Morgan fingerprint density at radius 1 is 0.862 bits per heavy atom. The van der Waals surface area contributed by atoms with Crippen molar-refractivity contribution in [2.45, 2.75) is 31.5 Å². The van der Waals surface area contributed by atoms with Gasteiger partial charge < -0.3 is 19.7 Å². The zero-order valence-electron chi connectivity index (χ0n) is 17.1. The van der Waals surface area contributed by atoms with Crippen molar-refractivity contribution in [2.24, 2.45) is 0 Å². The van der Waals surface area contributed by atoms with Gasteiger partial charge in [0.15, 0.2) is 0 Å². The lowest BCUT2D eigenvalue weighted by atomic mass is 9.78. The highest BCUT2D eigenvalue weighted by Crippen LogP contribution is 2.33. The Kier molecular flexibility index (Phi) is 7.11. The van der Waals surface area contributed by atoms with E-state index >= 15 is 0 Å². The smallest absolute Gasteiger partial charge is 0.119 e. The van der Waals surface area contributed by atoms with E-state index in [-0.39, 0.29) is 18.6 Å². The summed E-state index contributed by atoms with van der Waals surface area (Å²) < 4.78 is 23.4. The van der Waals surface area contributed by atoms with Crippen LogP contribution in [-0.2, 0) is 5.41 Å². The quantitative estimate of drug-likeness (QED) is 0.565. The topological polar surface area (TPSA) is 61.9 Å². The maximum atomic E-state index is 12.3. The Labute approximate surface area is 171 Å². The summed E-state index contributed by atoms with van der Waals surface area (Å²) >= 11 is 0. The first-order valence-corrected chi connectivity index (χ1v) is 9.99. The van der Waals surface area contributed by atoms with E-state index in [1.54, 1.807) is 0 Å². The minimum atomic E-state index is -1.10. The third-order valence-corrected chi connectivity index (χ3v) is 5.22. The van der Waals surface area contributed by atoms with Gasteiger partial charge in [-0.15, -0.1) is 0 Å². The molecule has 1 fully saturated rings. The molecular formula is C23H30FNO4. The zero-order chi connectivity index (χ0) is 20.9. The molecule has 0 spiro atoms. The third-order valence-electron chi connectivity index (χ3n) is 5.22. The van der Waals surface area contributed by atoms with Crippen LogP contribution in [0.2, 0.25) is 0 Å². The van der Waals surface area contributed by atoms with Gasteiger partial charge in [0, 0.05) is 25.0 Å². The van der Waals surface area contributed by atoms with Crippen molar-refractivity contribution in [2.75, 3.05) is 39.5 Å². The van der Waals surface area contributed by atoms with Crippen molar-refractivity contribution >= 4 is 0 Å². The van der Waals surface area contributed by atoms with Crippen LogP contribution in [0.5, 0.6) is 11.5 Å². The fourth-order valence-corrected chi connectivity index (χ4v) is 3.14. The third kappa shape index (κ3) is 6.16. The summed E-state index contributed by atoms with van der Waals surface area (Å²) in [5.41, 5.74) is 2.02. The Hall–Kier alpha value is -2.15. The van der Waals surface area contributed by atoms with Crippen molar-refractivity contribution in [1.29, 1.82) is 0 Å². The van der Waals surface area contributed by atoms with Gasteiger partial charge in [-0.3, -0.25) is 4.90 Å². The lowest BCUT2D eigenvalue weighted by Crippen LogP contribution is -2.26. The summed E-state index contributed by atoms with van der Waals surface area (Å²) in [6, 6.07) is 15.5. The molecule has 158 valence electrons. The van der Waals surface area contributed by atoms with E-state index in [1.165, 1.54) is 0 Å². The number of ether oxygens (including phenoxy) is 2. The summed E-state index contributed by atoms with van der Waals surface area (Å²) in [4.78, 5) is 2.17. The molecule has 1 heterocycles. The molecule has 5 nitrogen and oxygen atoms in total. The molecule has 2 N–H and O–H groups in total. The average molecular weight is 403 g/mol.